The molecule has 126 valence electrons. The minimum atomic E-state index is 0.172. The van der Waals surface area contributed by atoms with Crippen molar-refractivity contribution in [2.45, 2.75) is 25.8 Å². The van der Waals surface area contributed by atoms with Gasteiger partial charge in [-0.1, -0.05) is 78.9 Å². The summed E-state index contributed by atoms with van der Waals surface area (Å²) in [6.07, 6.45) is 2.35. The highest BCUT2D eigenvalue weighted by Gasteiger charge is 2.15. The molecule has 3 aromatic carbocycles. The van der Waals surface area contributed by atoms with Crippen LogP contribution >= 0.6 is 0 Å². The molecule has 3 aromatic rings. The molecule has 0 fully saturated rings. The lowest BCUT2D eigenvalue weighted by molar-refractivity contribution is -0.118. The number of nitrogens with zero attached hydrogens (tertiary/aromatic N) is 1. The number of amides is 1. The molecule has 2 nitrogen and oxygen atoms in total. The van der Waals surface area contributed by atoms with Crippen LogP contribution in [-0.2, 0) is 17.8 Å². The van der Waals surface area contributed by atoms with Crippen molar-refractivity contribution in [3.63, 3.8) is 0 Å². The van der Waals surface area contributed by atoms with Crippen LogP contribution in [0.5, 0.6) is 0 Å². The van der Waals surface area contributed by atoms with Crippen molar-refractivity contribution in [1.82, 2.24) is 0 Å². The van der Waals surface area contributed by atoms with Crippen LogP contribution in [0.3, 0.4) is 0 Å². The Hall–Kier alpha value is -2.87. The number of aryl methyl sites for hydroxylation is 1. The number of anilines is 1. The smallest absolute Gasteiger partial charge is 0.227 e. The van der Waals surface area contributed by atoms with Crippen molar-refractivity contribution in [3.05, 3.63) is 102 Å². The molecule has 0 aromatic heterocycles. The number of rotatable bonds is 7. The van der Waals surface area contributed by atoms with Gasteiger partial charge in [-0.2, -0.15) is 0 Å². The molecule has 0 saturated carbocycles. The van der Waals surface area contributed by atoms with E-state index < -0.39 is 0 Å². The number of carbonyl (C=O) groups excluding carboxylic acids is 1. The topological polar surface area (TPSA) is 20.3 Å². The van der Waals surface area contributed by atoms with Gasteiger partial charge in [0.05, 0.1) is 6.54 Å². The maximum absolute atomic E-state index is 12.9. The SMILES string of the molecule is O=C(CCCc1ccccc1)N(Cc1ccccc1)c1ccccc1. The maximum Gasteiger partial charge on any atom is 0.227 e. The minimum Gasteiger partial charge on any atom is -0.308 e. The number of hydrogen-bond acceptors (Lipinski definition) is 1. The van der Waals surface area contributed by atoms with Gasteiger partial charge >= 0.3 is 0 Å². The van der Waals surface area contributed by atoms with Gasteiger partial charge in [-0.05, 0) is 36.1 Å². The first-order valence-electron chi connectivity index (χ1n) is 8.76. The summed E-state index contributed by atoms with van der Waals surface area (Å²) in [5.41, 5.74) is 3.38. The van der Waals surface area contributed by atoms with E-state index in [2.05, 4.69) is 24.3 Å². The van der Waals surface area contributed by atoms with Gasteiger partial charge in [-0.15, -0.1) is 0 Å². The molecule has 3 rings (SSSR count). The van der Waals surface area contributed by atoms with Gasteiger partial charge in [0, 0.05) is 12.1 Å². The lowest BCUT2D eigenvalue weighted by Gasteiger charge is -2.23. The zero-order chi connectivity index (χ0) is 17.3. The molecular formula is C23H23NO. The van der Waals surface area contributed by atoms with E-state index in [1.165, 1.54) is 5.56 Å². The molecule has 0 saturated heterocycles. The third-order valence-electron chi connectivity index (χ3n) is 4.25. The Morgan fingerprint density at radius 3 is 1.80 bits per heavy atom. The molecule has 0 aliphatic rings. The Bertz CT molecular complexity index is 769. The largest absolute Gasteiger partial charge is 0.308 e. The molecule has 0 atom stereocenters. The summed E-state index contributed by atoms with van der Waals surface area (Å²) in [6, 6.07) is 30.4. The molecule has 1 amide bonds. The van der Waals surface area contributed by atoms with Crippen molar-refractivity contribution in [2.24, 2.45) is 0 Å². The fraction of sp³-hybridized carbons (Fsp3) is 0.174. The van der Waals surface area contributed by atoms with Crippen molar-refractivity contribution in [2.75, 3.05) is 4.90 Å². The van der Waals surface area contributed by atoms with Gasteiger partial charge in [0.25, 0.3) is 0 Å². The predicted octanol–water partition coefficient (Wildman–Crippen LogP) is 5.24. The van der Waals surface area contributed by atoms with E-state index in [1.807, 2.05) is 71.6 Å². The molecule has 0 aliphatic heterocycles. The lowest BCUT2D eigenvalue weighted by Crippen LogP contribution is -2.30. The van der Waals surface area contributed by atoms with E-state index in [9.17, 15) is 4.79 Å². The summed E-state index contributed by atoms with van der Waals surface area (Å²) in [4.78, 5) is 14.8. The maximum atomic E-state index is 12.9. The first kappa shape index (κ1) is 17.0. The van der Waals surface area contributed by atoms with Gasteiger partial charge in [-0.25, -0.2) is 0 Å². The molecule has 25 heavy (non-hydrogen) atoms. The van der Waals surface area contributed by atoms with Crippen LogP contribution in [0.1, 0.15) is 24.0 Å². The van der Waals surface area contributed by atoms with Crippen LogP contribution < -0.4 is 4.90 Å². The Labute approximate surface area is 149 Å². The van der Waals surface area contributed by atoms with Crippen LogP contribution in [0.2, 0.25) is 0 Å². The van der Waals surface area contributed by atoms with Gasteiger partial charge < -0.3 is 4.90 Å². The van der Waals surface area contributed by atoms with Crippen LogP contribution in [0.4, 0.5) is 5.69 Å². The molecule has 0 bridgehead atoms. The van der Waals surface area contributed by atoms with Crippen LogP contribution in [0, 0.1) is 0 Å². The van der Waals surface area contributed by atoms with Gasteiger partial charge in [-0.3, -0.25) is 4.79 Å². The normalized spacial score (nSPS) is 10.4. The number of hydrogen-bond donors (Lipinski definition) is 0. The van der Waals surface area contributed by atoms with E-state index in [1.54, 1.807) is 0 Å². The molecule has 0 radical (unpaired) electrons. The van der Waals surface area contributed by atoms with E-state index in [4.69, 9.17) is 0 Å². The summed E-state index contributed by atoms with van der Waals surface area (Å²) in [7, 11) is 0. The van der Waals surface area contributed by atoms with Gasteiger partial charge in [0.1, 0.15) is 0 Å². The summed E-state index contributed by atoms with van der Waals surface area (Å²) in [6.45, 7) is 0.606. The molecule has 0 aliphatic carbocycles. The highest BCUT2D eigenvalue weighted by molar-refractivity contribution is 5.93. The molecule has 0 N–H and O–H groups in total. The third-order valence-corrected chi connectivity index (χ3v) is 4.25. The molecule has 0 unspecified atom stereocenters. The highest BCUT2D eigenvalue weighted by atomic mass is 16.2. The summed E-state index contributed by atoms with van der Waals surface area (Å²) in [5.74, 6) is 0.172. The monoisotopic (exact) mass is 329 g/mol. The van der Waals surface area contributed by atoms with E-state index >= 15 is 0 Å². The van der Waals surface area contributed by atoms with Crippen LogP contribution in [0.25, 0.3) is 0 Å². The van der Waals surface area contributed by atoms with Gasteiger partial charge in [0.2, 0.25) is 5.91 Å². The van der Waals surface area contributed by atoms with Crippen molar-refractivity contribution < 1.29 is 4.79 Å². The van der Waals surface area contributed by atoms with E-state index in [-0.39, 0.29) is 5.91 Å². The van der Waals surface area contributed by atoms with Crippen molar-refractivity contribution >= 4 is 11.6 Å². The average Bonchev–Trinajstić information content (AvgIpc) is 2.68. The Balaban J connectivity index is 1.67. The average molecular weight is 329 g/mol. The zero-order valence-corrected chi connectivity index (χ0v) is 14.3. The quantitative estimate of drug-likeness (QED) is 0.580. The van der Waals surface area contributed by atoms with E-state index in [0.29, 0.717) is 13.0 Å². The van der Waals surface area contributed by atoms with E-state index in [0.717, 1.165) is 24.1 Å². The van der Waals surface area contributed by atoms with Crippen LogP contribution in [-0.4, -0.2) is 5.91 Å². The first-order chi connectivity index (χ1) is 12.3. The standard InChI is InChI=1S/C23H23NO/c25-23(18-10-15-20-11-4-1-5-12-20)24(22-16-8-3-9-17-22)19-21-13-6-2-7-14-21/h1-9,11-14,16-17H,10,15,18-19H2. The third kappa shape index (κ3) is 5.05. The second-order valence-electron chi connectivity index (χ2n) is 6.14. The van der Waals surface area contributed by atoms with Gasteiger partial charge in [0.15, 0.2) is 0 Å². The molecule has 0 heterocycles. The highest BCUT2D eigenvalue weighted by Crippen LogP contribution is 2.19. The summed E-state index contributed by atoms with van der Waals surface area (Å²) in [5, 5.41) is 0. The van der Waals surface area contributed by atoms with Crippen molar-refractivity contribution in [3.8, 4) is 0 Å². The Morgan fingerprint density at radius 1 is 0.680 bits per heavy atom. The number of para-hydroxylation sites is 1. The fourth-order valence-corrected chi connectivity index (χ4v) is 2.92. The number of carbonyl (C=O) groups is 1. The fourth-order valence-electron chi connectivity index (χ4n) is 2.92. The molecule has 0 spiro atoms. The predicted molar refractivity (Wildman–Crippen MR) is 103 cm³/mol. The molecule has 2 heteroatoms. The summed E-state index contributed by atoms with van der Waals surface area (Å²) < 4.78 is 0. The van der Waals surface area contributed by atoms with Crippen LogP contribution in [0.15, 0.2) is 91.0 Å². The Morgan fingerprint density at radius 2 is 1.20 bits per heavy atom. The molecular weight excluding hydrogens is 306 g/mol. The summed E-state index contributed by atoms with van der Waals surface area (Å²) >= 11 is 0. The lowest BCUT2D eigenvalue weighted by atomic mass is 10.1. The zero-order valence-electron chi connectivity index (χ0n) is 14.3. The Kier molecular flexibility index (Phi) is 6.00. The number of benzene rings is 3. The first-order valence-corrected chi connectivity index (χ1v) is 8.76. The minimum absolute atomic E-state index is 0.172. The van der Waals surface area contributed by atoms with Crippen molar-refractivity contribution in [1.29, 1.82) is 0 Å². The second-order valence-corrected chi connectivity index (χ2v) is 6.14. The second kappa shape index (κ2) is 8.84.